The predicted molar refractivity (Wildman–Crippen MR) is 105 cm³/mol. The molecule has 0 radical (unpaired) electrons. The topological polar surface area (TPSA) is 48.3 Å². The Morgan fingerprint density at radius 1 is 1.04 bits per heavy atom. The first-order valence-electron chi connectivity index (χ1n) is 8.72. The fourth-order valence-corrected chi connectivity index (χ4v) is 3.10. The Kier molecular flexibility index (Phi) is 5.95. The van der Waals surface area contributed by atoms with Crippen LogP contribution >= 0.6 is 11.6 Å². The van der Waals surface area contributed by atoms with Gasteiger partial charge in [-0.15, -0.1) is 0 Å². The Balaban J connectivity index is 1.69. The second-order valence-electron chi connectivity index (χ2n) is 6.50. The molecular formula is C22H19ClFNO3. The molecule has 28 heavy (non-hydrogen) atoms. The number of benzene rings is 2. The van der Waals surface area contributed by atoms with Gasteiger partial charge in [0.25, 0.3) is 0 Å². The largest absolute Gasteiger partial charge is 0.454 e. The zero-order chi connectivity index (χ0) is 20.3. The van der Waals surface area contributed by atoms with E-state index in [-0.39, 0.29) is 18.2 Å². The van der Waals surface area contributed by atoms with Crippen LogP contribution in [-0.2, 0) is 11.3 Å². The van der Waals surface area contributed by atoms with E-state index in [9.17, 15) is 14.0 Å². The summed E-state index contributed by atoms with van der Waals surface area (Å²) in [7, 11) is 0. The minimum atomic E-state index is -0.579. The van der Waals surface area contributed by atoms with Crippen LogP contribution in [0, 0.1) is 19.7 Å². The Labute approximate surface area is 167 Å². The van der Waals surface area contributed by atoms with Gasteiger partial charge in [-0.25, -0.2) is 9.18 Å². The van der Waals surface area contributed by atoms with Crippen molar-refractivity contribution in [2.75, 3.05) is 6.61 Å². The van der Waals surface area contributed by atoms with Crippen molar-refractivity contribution in [2.24, 2.45) is 0 Å². The van der Waals surface area contributed by atoms with E-state index in [0.717, 1.165) is 17.0 Å². The van der Waals surface area contributed by atoms with Gasteiger partial charge in [0, 0.05) is 28.5 Å². The first kappa shape index (κ1) is 19.8. The third kappa shape index (κ3) is 4.49. The summed E-state index contributed by atoms with van der Waals surface area (Å²) in [4.78, 5) is 24.6. The molecule has 0 amide bonds. The molecule has 0 aliphatic rings. The molecular weight excluding hydrogens is 381 g/mol. The third-order valence-electron chi connectivity index (χ3n) is 4.54. The van der Waals surface area contributed by atoms with Crippen molar-refractivity contribution in [1.29, 1.82) is 0 Å². The molecule has 2 aromatic carbocycles. The maximum absolute atomic E-state index is 13.1. The van der Waals surface area contributed by atoms with Crippen LogP contribution in [-0.4, -0.2) is 22.9 Å². The number of carbonyl (C=O) groups is 2. The van der Waals surface area contributed by atoms with E-state index in [1.165, 1.54) is 12.1 Å². The lowest BCUT2D eigenvalue weighted by Crippen LogP contribution is -2.15. The van der Waals surface area contributed by atoms with Crippen LogP contribution < -0.4 is 0 Å². The standard InChI is InChI=1S/C22H19ClFNO3/c1-14-11-20(15(2)25(14)12-16-3-9-19(24)10-4-16)21(26)13-28-22(27)17-5-7-18(23)8-6-17/h3-11H,12-13H2,1-2H3. The Bertz CT molecular complexity index is 1010. The van der Waals surface area contributed by atoms with E-state index in [0.29, 0.717) is 22.7 Å². The smallest absolute Gasteiger partial charge is 0.338 e. The number of carbonyl (C=O) groups excluding carboxylic acids is 2. The van der Waals surface area contributed by atoms with Gasteiger partial charge in [0.15, 0.2) is 6.61 Å². The van der Waals surface area contributed by atoms with E-state index in [2.05, 4.69) is 0 Å². The minimum absolute atomic E-state index is 0.277. The van der Waals surface area contributed by atoms with Crippen LogP contribution in [0.15, 0.2) is 54.6 Å². The van der Waals surface area contributed by atoms with Gasteiger partial charge in [0.1, 0.15) is 5.82 Å². The molecule has 4 nitrogen and oxygen atoms in total. The van der Waals surface area contributed by atoms with E-state index in [4.69, 9.17) is 16.3 Å². The summed E-state index contributed by atoms with van der Waals surface area (Å²) in [6, 6.07) is 14.3. The van der Waals surface area contributed by atoms with Crippen LogP contribution in [0.1, 0.15) is 37.7 Å². The molecule has 3 aromatic rings. The van der Waals surface area contributed by atoms with E-state index < -0.39 is 5.97 Å². The van der Waals surface area contributed by atoms with E-state index >= 15 is 0 Å². The monoisotopic (exact) mass is 399 g/mol. The van der Waals surface area contributed by atoms with E-state index in [1.807, 2.05) is 18.4 Å². The summed E-state index contributed by atoms with van der Waals surface area (Å²) in [5.74, 6) is -1.14. The van der Waals surface area contributed by atoms with Crippen LogP contribution in [0.5, 0.6) is 0 Å². The maximum Gasteiger partial charge on any atom is 0.338 e. The molecule has 144 valence electrons. The highest BCUT2D eigenvalue weighted by molar-refractivity contribution is 6.30. The average molecular weight is 400 g/mol. The van der Waals surface area contributed by atoms with Gasteiger partial charge < -0.3 is 9.30 Å². The second kappa shape index (κ2) is 8.40. The molecule has 0 unspecified atom stereocenters. The molecule has 6 heteroatoms. The van der Waals surface area contributed by atoms with Crippen molar-refractivity contribution in [3.05, 3.63) is 93.5 Å². The highest BCUT2D eigenvalue weighted by Crippen LogP contribution is 2.18. The molecule has 0 atom stereocenters. The van der Waals surface area contributed by atoms with Gasteiger partial charge in [-0.1, -0.05) is 23.7 Å². The second-order valence-corrected chi connectivity index (χ2v) is 6.94. The van der Waals surface area contributed by atoms with Crippen molar-refractivity contribution in [2.45, 2.75) is 20.4 Å². The van der Waals surface area contributed by atoms with Crippen molar-refractivity contribution in [3.63, 3.8) is 0 Å². The fraction of sp³-hybridized carbons (Fsp3) is 0.182. The summed E-state index contributed by atoms with van der Waals surface area (Å²) >= 11 is 5.80. The first-order chi connectivity index (χ1) is 13.3. The number of nitrogens with zero attached hydrogens (tertiary/aromatic N) is 1. The van der Waals surface area contributed by atoms with E-state index in [1.54, 1.807) is 42.5 Å². The lowest BCUT2D eigenvalue weighted by molar-refractivity contribution is 0.0474. The van der Waals surface area contributed by atoms with Crippen LogP contribution in [0.25, 0.3) is 0 Å². The molecule has 0 saturated carbocycles. The van der Waals surface area contributed by atoms with Crippen molar-refractivity contribution < 1.29 is 18.7 Å². The number of rotatable bonds is 6. The van der Waals surface area contributed by atoms with Crippen molar-refractivity contribution >= 4 is 23.4 Å². The first-order valence-corrected chi connectivity index (χ1v) is 9.10. The molecule has 0 fully saturated rings. The zero-order valence-corrected chi connectivity index (χ0v) is 16.3. The predicted octanol–water partition coefficient (Wildman–Crippen LogP) is 4.99. The molecule has 0 aliphatic heterocycles. The fourth-order valence-electron chi connectivity index (χ4n) is 2.98. The van der Waals surface area contributed by atoms with Crippen molar-refractivity contribution in [3.8, 4) is 0 Å². The Morgan fingerprint density at radius 2 is 1.68 bits per heavy atom. The molecule has 1 heterocycles. The van der Waals surface area contributed by atoms with Gasteiger partial charge in [-0.05, 0) is 61.9 Å². The molecule has 0 spiro atoms. The van der Waals surface area contributed by atoms with Gasteiger partial charge >= 0.3 is 5.97 Å². The third-order valence-corrected chi connectivity index (χ3v) is 4.79. The minimum Gasteiger partial charge on any atom is -0.454 e. The van der Waals surface area contributed by atoms with Gasteiger partial charge in [0.2, 0.25) is 5.78 Å². The number of hydrogen-bond donors (Lipinski definition) is 0. The molecule has 1 aromatic heterocycles. The normalized spacial score (nSPS) is 10.7. The van der Waals surface area contributed by atoms with Gasteiger partial charge in [0.05, 0.1) is 5.56 Å². The van der Waals surface area contributed by atoms with Crippen LogP contribution in [0.4, 0.5) is 4.39 Å². The molecule has 0 bridgehead atoms. The summed E-state index contributed by atoms with van der Waals surface area (Å²) in [5, 5.41) is 0.515. The number of esters is 1. The van der Waals surface area contributed by atoms with Crippen LogP contribution in [0.3, 0.4) is 0 Å². The molecule has 0 N–H and O–H groups in total. The number of ether oxygens (including phenoxy) is 1. The number of ketones is 1. The summed E-state index contributed by atoms with van der Waals surface area (Å²) in [5.41, 5.74) is 3.43. The number of hydrogen-bond acceptors (Lipinski definition) is 3. The summed E-state index contributed by atoms with van der Waals surface area (Å²) in [6.45, 7) is 3.91. The quantitative estimate of drug-likeness (QED) is 0.433. The number of aryl methyl sites for hydroxylation is 1. The lowest BCUT2D eigenvalue weighted by Gasteiger charge is -2.10. The molecule has 3 rings (SSSR count). The maximum atomic E-state index is 13.1. The number of halogens is 2. The summed E-state index contributed by atoms with van der Waals surface area (Å²) in [6.07, 6.45) is 0. The average Bonchev–Trinajstić information content (AvgIpc) is 2.96. The number of Topliss-reactive ketones (excluding diaryl/α,β-unsaturated/α-hetero) is 1. The highest BCUT2D eigenvalue weighted by Gasteiger charge is 2.18. The number of aromatic nitrogens is 1. The summed E-state index contributed by atoms with van der Waals surface area (Å²) < 4.78 is 20.2. The van der Waals surface area contributed by atoms with Crippen molar-refractivity contribution in [1.82, 2.24) is 4.57 Å². The molecule has 0 saturated heterocycles. The van der Waals surface area contributed by atoms with Crippen LogP contribution in [0.2, 0.25) is 5.02 Å². The lowest BCUT2D eigenvalue weighted by atomic mass is 10.1. The highest BCUT2D eigenvalue weighted by atomic mass is 35.5. The Morgan fingerprint density at radius 3 is 2.32 bits per heavy atom. The molecule has 0 aliphatic carbocycles. The van der Waals surface area contributed by atoms with Gasteiger partial charge in [-0.2, -0.15) is 0 Å². The Hall–Kier alpha value is -2.92. The zero-order valence-electron chi connectivity index (χ0n) is 15.5. The SMILES string of the molecule is Cc1cc(C(=O)COC(=O)c2ccc(Cl)cc2)c(C)n1Cc1ccc(F)cc1. The van der Waals surface area contributed by atoms with Gasteiger partial charge in [-0.3, -0.25) is 4.79 Å².